The quantitative estimate of drug-likeness (QED) is 0.875. The molecule has 0 bridgehead atoms. The molecule has 118 valence electrons. The number of alkyl halides is 3. The smallest absolute Gasteiger partial charge is 0.395 e. The molecule has 0 fully saturated rings. The lowest BCUT2D eigenvalue weighted by molar-refractivity contribution is -0.138. The van der Waals surface area contributed by atoms with Gasteiger partial charge in [0.2, 0.25) is 0 Å². The number of carbonyl (C=O) groups excluding carboxylic acids is 1. The van der Waals surface area contributed by atoms with E-state index in [1.807, 2.05) is 13.8 Å². The first kappa shape index (κ1) is 17.5. The van der Waals surface area contributed by atoms with Crippen LogP contribution in [0.5, 0.6) is 0 Å². The Morgan fingerprint density at radius 2 is 1.81 bits per heavy atom. The van der Waals surface area contributed by atoms with Crippen LogP contribution in [0, 0.1) is 0 Å². The lowest BCUT2D eigenvalue weighted by atomic mass is 10.0. The van der Waals surface area contributed by atoms with Gasteiger partial charge in [-0.15, -0.1) is 0 Å². The Balaban J connectivity index is 3.21. The van der Waals surface area contributed by atoms with Gasteiger partial charge in [-0.25, -0.2) is 0 Å². The van der Waals surface area contributed by atoms with Crippen LogP contribution in [-0.4, -0.2) is 35.1 Å². The summed E-state index contributed by atoms with van der Waals surface area (Å²) in [5, 5.41) is 9.09. The molecule has 0 unspecified atom stereocenters. The number of rotatable bonds is 6. The number of benzene rings is 1. The number of halogens is 3. The molecule has 0 aliphatic rings. The van der Waals surface area contributed by atoms with E-state index in [2.05, 4.69) is 0 Å². The van der Waals surface area contributed by atoms with Gasteiger partial charge in [0.05, 0.1) is 17.7 Å². The Morgan fingerprint density at radius 3 is 2.29 bits per heavy atom. The van der Waals surface area contributed by atoms with Crippen molar-refractivity contribution in [3.05, 3.63) is 35.4 Å². The van der Waals surface area contributed by atoms with Gasteiger partial charge in [0.25, 0.3) is 5.91 Å². The Bertz CT molecular complexity index is 470. The lowest BCUT2D eigenvalue weighted by Crippen LogP contribution is -2.42. The van der Waals surface area contributed by atoms with E-state index in [-0.39, 0.29) is 24.8 Å². The highest BCUT2D eigenvalue weighted by molar-refractivity contribution is 5.96. The molecular formula is C15H20F3NO2. The summed E-state index contributed by atoms with van der Waals surface area (Å²) >= 11 is 0. The van der Waals surface area contributed by atoms with Crippen molar-refractivity contribution in [1.82, 2.24) is 4.90 Å². The van der Waals surface area contributed by atoms with E-state index >= 15 is 0 Å². The normalized spacial score (nSPS) is 11.8. The number of hydrogen-bond donors (Lipinski definition) is 1. The molecule has 0 spiro atoms. The fraction of sp³-hybridized carbons (Fsp3) is 0.533. The van der Waals surface area contributed by atoms with Crippen molar-refractivity contribution in [3.8, 4) is 0 Å². The number of amides is 1. The van der Waals surface area contributed by atoms with Crippen molar-refractivity contribution in [2.24, 2.45) is 0 Å². The van der Waals surface area contributed by atoms with Crippen molar-refractivity contribution in [2.75, 3.05) is 13.2 Å². The number of aliphatic hydroxyl groups excluding tert-OH is 1. The maximum absolute atomic E-state index is 13.0. The minimum atomic E-state index is -4.58. The third-order valence-corrected chi connectivity index (χ3v) is 3.45. The van der Waals surface area contributed by atoms with Gasteiger partial charge in [-0.1, -0.05) is 26.0 Å². The highest BCUT2D eigenvalue weighted by Crippen LogP contribution is 2.32. The van der Waals surface area contributed by atoms with E-state index in [1.165, 1.54) is 23.1 Å². The summed E-state index contributed by atoms with van der Waals surface area (Å²) in [4.78, 5) is 13.8. The van der Waals surface area contributed by atoms with Crippen LogP contribution in [0.3, 0.4) is 0 Å². The fourth-order valence-corrected chi connectivity index (χ4v) is 2.36. The highest BCUT2D eigenvalue weighted by atomic mass is 19.4. The summed E-state index contributed by atoms with van der Waals surface area (Å²) in [5.41, 5.74) is -1.31. The minimum absolute atomic E-state index is 0.0252. The number of carbonyl (C=O) groups is 1. The molecule has 1 amide bonds. The molecule has 0 saturated heterocycles. The van der Waals surface area contributed by atoms with Gasteiger partial charge in [0.1, 0.15) is 0 Å². The molecule has 0 radical (unpaired) electrons. The summed E-state index contributed by atoms with van der Waals surface area (Å²) in [5.74, 6) is -0.689. The topological polar surface area (TPSA) is 40.5 Å². The van der Waals surface area contributed by atoms with Crippen LogP contribution in [0.15, 0.2) is 24.3 Å². The van der Waals surface area contributed by atoms with Crippen LogP contribution < -0.4 is 0 Å². The first-order valence-electron chi connectivity index (χ1n) is 6.94. The van der Waals surface area contributed by atoms with Crippen molar-refractivity contribution in [1.29, 1.82) is 0 Å². The maximum atomic E-state index is 13.0. The molecule has 1 aromatic carbocycles. The molecule has 0 aliphatic carbocycles. The van der Waals surface area contributed by atoms with Crippen molar-refractivity contribution < 1.29 is 23.1 Å². The predicted molar refractivity (Wildman–Crippen MR) is 73.9 cm³/mol. The van der Waals surface area contributed by atoms with E-state index in [1.54, 1.807) is 0 Å². The summed E-state index contributed by atoms with van der Waals surface area (Å²) in [6, 6.07) is 4.56. The zero-order chi connectivity index (χ0) is 16.0. The largest absolute Gasteiger partial charge is 0.417 e. The average Bonchev–Trinajstić information content (AvgIpc) is 2.46. The molecule has 1 rings (SSSR count). The van der Waals surface area contributed by atoms with Crippen LogP contribution in [0.1, 0.15) is 42.6 Å². The Kier molecular flexibility index (Phi) is 6.20. The zero-order valence-corrected chi connectivity index (χ0v) is 12.2. The number of aliphatic hydroxyl groups is 1. The SMILES string of the molecule is CCC(CC)N(CCO)C(=O)c1ccccc1C(F)(F)F. The molecule has 0 aromatic heterocycles. The van der Waals surface area contributed by atoms with Crippen molar-refractivity contribution in [3.63, 3.8) is 0 Å². The van der Waals surface area contributed by atoms with Crippen molar-refractivity contribution in [2.45, 2.75) is 38.9 Å². The number of hydrogen-bond acceptors (Lipinski definition) is 2. The second-order valence-corrected chi connectivity index (χ2v) is 4.74. The first-order chi connectivity index (χ1) is 9.86. The third kappa shape index (κ3) is 4.20. The zero-order valence-electron chi connectivity index (χ0n) is 12.2. The van der Waals surface area contributed by atoms with Gasteiger partial charge in [-0.3, -0.25) is 4.79 Å². The highest BCUT2D eigenvalue weighted by Gasteiger charge is 2.36. The monoisotopic (exact) mass is 303 g/mol. The van der Waals surface area contributed by atoms with E-state index in [4.69, 9.17) is 5.11 Å². The summed E-state index contributed by atoms with van der Waals surface area (Å²) in [6.07, 6.45) is -3.34. The summed E-state index contributed by atoms with van der Waals surface area (Å²) < 4.78 is 39.0. The molecule has 21 heavy (non-hydrogen) atoms. The van der Waals surface area contributed by atoms with Gasteiger partial charge in [0.15, 0.2) is 0 Å². The van der Waals surface area contributed by atoms with E-state index in [0.29, 0.717) is 12.8 Å². The molecule has 0 atom stereocenters. The lowest BCUT2D eigenvalue weighted by Gasteiger charge is -2.30. The van der Waals surface area contributed by atoms with Gasteiger partial charge in [0, 0.05) is 12.6 Å². The molecule has 0 heterocycles. The molecular weight excluding hydrogens is 283 g/mol. The first-order valence-corrected chi connectivity index (χ1v) is 6.94. The molecule has 1 N–H and O–H groups in total. The van der Waals surface area contributed by atoms with Gasteiger partial charge in [-0.2, -0.15) is 13.2 Å². The van der Waals surface area contributed by atoms with Gasteiger partial charge in [-0.05, 0) is 25.0 Å². The van der Waals surface area contributed by atoms with E-state index < -0.39 is 17.6 Å². The van der Waals surface area contributed by atoms with Crippen molar-refractivity contribution >= 4 is 5.91 Å². The van der Waals surface area contributed by atoms with Crippen LogP contribution >= 0.6 is 0 Å². The standard InChI is InChI=1S/C15H20F3NO2/c1-3-11(4-2)19(9-10-20)14(21)12-7-5-6-8-13(12)15(16,17)18/h5-8,11,20H,3-4,9-10H2,1-2H3. The minimum Gasteiger partial charge on any atom is -0.395 e. The Hall–Kier alpha value is -1.56. The van der Waals surface area contributed by atoms with Crippen LogP contribution in [-0.2, 0) is 6.18 Å². The Labute approximate surface area is 122 Å². The molecule has 1 aromatic rings. The second-order valence-electron chi connectivity index (χ2n) is 4.74. The van der Waals surface area contributed by atoms with E-state index in [0.717, 1.165) is 6.07 Å². The van der Waals surface area contributed by atoms with Gasteiger partial charge >= 0.3 is 6.18 Å². The summed E-state index contributed by atoms with van der Waals surface area (Å²) in [6.45, 7) is 3.47. The molecule has 3 nitrogen and oxygen atoms in total. The molecule has 0 aliphatic heterocycles. The van der Waals surface area contributed by atoms with Crippen LogP contribution in [0.25, 0.3) is 0 Å². The fourth-order valence-electron chi connectivity index (χ4n) is 2.36. The van der Waals surface area contributed by atoms with Gasteiger partial charge < -0.3 is 10.0 Å². The number of nitrogens with zero attached hydrogens (tertiary/aromatic N) is 1. The average molecular weight is 303 g/mol. The maximum Gasteiger partial charge on any atom is 0.417 e. The molecule has 0 saturated carbocycles. The Morgan fingerprint density at radius 1 is 1.24 bits per heavy atom. The van der Waals surface area contributed by atoms with Crippen LogP contribution in [0.2, 0.25) is 0 Å². The second kappa shape index (κ2) is 7.45. The predicted octanol–water partition coefficient (Wildman–Crippen LogP) is 3.33. The van der Waals surface area contributed by atoms with Crippen LogP contribution in [0.4, 0.5) is 13.2 Å². The van der Waals surface area contributed by atoms with E-state index in [9.17, 15) is 18.0 Å². The summed E-state index contributed by atoms with van der Waals surface area (Å²) in [7, 11) is 0. The third-order valence-electron chi connectivity index (χ3n) is 3.45. The molecule has 6 heteroatoms.